The fourth-order valence-corrected chi connectivity index (χ4v) is 3.53. The van der Waals surface area contributed by atoms with Gasteiger partial charge in [0.05, 0.1) is 11.5 Å². The largest absolute Gasteiger partial charge is 0.490 e. The molecule has 0 spiro atoms. The topological polar surface area (TPSA) is 111 Å². The molecule has 9 nitrogen and oxygen atoms in total. The van der Waals surface area contributed by atoms with Gasteiger partial charge in [-0.1, -0.05) is 18.2 Å². The van der Waals surface area contributed by atoms with E-state index in [9.17, 15) is 19.7 Å². The van der Waals surface area contributed by atoms with Crippen LogP contribution >= 0.6 is 0 Å². The van der Waals surface area contributed by atoms with Crippen LogP contribution in [0.2, 0.25) is 0 Å². The Morgan fingerprint density at radius 3 is 2.53 bits per heavy atom. The SMILES string of the molecule is CCOc1cc(C(=O)NCc2ccccc2[N+](=O)[O-])ccc1OCC(=O)N1CCCCC1. The summed E-state index contributed by atoms with van der Waals surface area (Å²) in [5.74, 6) is 0.267. The van der Waals surface area contributed by atoms with E-state index in [4.69, 9.17) is 9.47 Å². The van der Waals surface area contributed by atoms with Crippen LogP contribution in [0.5, 0.6) is 11.5 Å². The number of benzene rings is 2. The highest BCUT2D eigenvalue weighted by Crippen LogP contribution is 2.29. The molecule has 1 aliphatic rings. The monoisotopic (exact) mass is 441 g/mol. The second-order valence-electron chi connectivity index (χ2n) is 7.39. The Bertz CT molecular complexity index is 972. The van der Waals surface area contributed by atoms with E-state index in [2.05, 4.69) is 5.32 Å². The molecule has 2 amide bonds. The lowest BCUT2D eigenvalue weighted by atomic mass is 10.1. The number of nitro benzene ring substituents is 1. The summed E-state index contributed by atoms with van der Waals surface area (Å²) in [4.78, 5) is 37.4. The lowest BCUT2D eigenvalue weighted by molar-refractivity contribution is -0.385. The first-order chi connectivity index (χ1) is 15.5. The third-order valence-corrected chi connectivity index (χ3v) is 5.19. The molecule has 1 fully saturated rings. The van der Waals surface area contributed by atoms with Gasteiger partial charge < -0.3 is 19.7 Å². The molecule has 0 saturated carbocycles. The summed E-state index contributed by atoms with van der Waals surface area (Å²) in [5.41, 5.74) is 0.679. The first-order valence-corrected chi connectivity index (χ1v) is 10.7. The fourth-order valence-electron chi connectivity index (χ4n) is 3.53. The van der Waals surface area contributed by atoms with Crippen LogP contribution in [0.1, 0.15) is 42.1 Å². The minimum absolute atomic E-state index is 0.0164. The number of hydrogen-bond acceptors (Lipinski definition) is 6. The normalized spacial score (nSPS) is 13.3. The van der Waals surface area contributed by atoms with Crippen molar-refractivity contribution in [3.8, 4) is 11.5 Å². The molecule has 0 unspecified atom stereocenters. The molecule has 3 rings (SSSR count). The summed E-state index contributed by atoms with van der Waals surface area (Å²) in [6, 6.07) is 10.9. The predicted molar refractivity (Wildman–Crippen MR) is 118 cm³/mol. The molecule has 2 aromatic carbocycles. The van der Waals surface area contributed by atoms with Gasteiger partial charge in [0.25, 0.3) is 17.5 Å². The van der Waals surface area contributed by atoms with Gasteiger partial charge in [0.1, 0.15) is 0 Å². The van der Waals surface area contributed by atoms with Gasteiger partial charge in [-0.05, 0) is 44.4 Å². The molecule has 0 atom stereocenters. The quantitative estimate of drug-likeness (QED) is 0.472. The Kier molecular flexibility index (Phi) is 8.02. The third-order valence-electron chi connectivity index (χ3n) is 5.19. The first-order valence-electron chi connectivity index (χ1n) is 10.7. The van der Waals surface area contributed by atoms with E-state index in [0.717, 1.165) is 32.4 Å². The molecule has 170 valence electrons. The maximum absolute atomic E-state index is 12.6. The molecule has 0 radical (unpaired) electrons. The minimum atomic E-state index is -0.480. The highest BCUT2D eigenvalue weighted by atomic mass is 16.6. The lowest BCUT2D eigenvalue weighted by Gasteiger charge is -2.26. The van der Waals surface area contributed by atoms with Crippen molar-refractivity contribution in [1.82, 2.24) is 10.2 Å². The summed E-state index contributed by atoms with van der Waals surface area (Å²) in [5, 5.41) is 13.8. The minimum Gasteiger partial charge on any atom is -0.490 e. The van der Waals surface area contributed by atoms with Crippen molar-refractivity contribution in [3.63, 3.8) is 0 Å². The number of nitrogens with one attached hydrogen (secondary N) is 1. The van der Waals surface area contributed by atoms with Crippen LogP contribution in [0.3, 0.4) is 0 Å². The fraction of sp³-hybridized carbons (Fsp3) is 0.391. The van der Waals surface area contributed by atoms with Gasteiger partial charge in [-0.25, -0.2) is 0 Å². The highest BCUT2D eigenvalue weighted by Gasteiger charge is 2.19. The Balaban J connectivity index is 1.64. The van der Waals surface area contributed by atoms with Crippen LogP contribution in [0.25, 0.3) is 0 Å². The lowest BCUT2D eigenvalue weighted by Crippen LogP contribution is -2.38. The van der Waals surface area contributed by atoms with Gasteiger partial charge in [-0.15, -0.1) is 0 Å². The standard InChI is InChI=1S/C23H27N3O6/c1-2-31-21-14-17(23(28)24-15-18-8-4-5-9-19(18)26(29)30)10-11-20(21)32-16-22(27)25-12-6-3-7-13-25/h4-5,8-11,14H,2-3,6-7,12-13,15-16H2,1H3,(H,24,28). The number of carbonyl (C=O) groups is 2. The average Bonchev–Trinajstić information content (AvgIpc) is 2.82. The van der Waals surface area contributed by atoms with Crippen molar-refractivity contribution in [2.24, 2.45) is 0 Å². The zero-order valence-corrected chi connectivity index (χ0v) is 18.0. The second kappa shape index (κ2) is 11.1. The van der Waals surface area contributed by atoms with Crippen LogP contribution in [0.4, 0.5) is 5.69 Å². The number of piperidine rings is 1. The number of likely N-dealkylation sites (tertiary alicyclic amines) is 1. The van der Waals surface area contributed by atoms with Crippen LogP contribution in [-0.2, 0) is 11.3 Å². The number of nitrogens with zero attached hydrogens (tertiary/aromatic N) is 2. The van der Waals surface area contributed by atoms with E-state index in [-0.39, 0.29) is 24.7 Å². The van der Waals surface area contributed by atoms with Gasteiger partial charge in [-0.3, -0.25) is 19.7 Å². The molecule has 0 aromatic heterocycles. The van der Waals surface area contributed by atoms with Crippen molar-refractivity contribution in [2.45, 2.75) is 32.7 Å². The van der Waals surface area contributed by atoms with Gasteiger partial charge in [-0.2, -0.15) is 0 Å². The smallest absolute Gasteiger partial charge is 0.274 e. The van der Waals surface area contributed by atoms with E-state index >= 15 is 0 Å². The second-order valence-corrected chi connectivity index (χ2v) is 7.39. The van der Waals surface area contributed by atoms with Crippen LogP contribution in [0.15, 0.2) is 42.5 Å². The van der Waals surface area contributed by atoms with Crippen molar-refractivity contribution in [1.29, 1.82) is 0 Å². The first kappa shape index (κ1) is 23.1. The summed E-state index contributed by atoms with van der Waals surface area (Å²) in [7, 11) is 0. The van der Waals surface area contributed by atoms with Crippen molar-refractivity contribution in [2.75, 3.05) is 26.3 Å². The van der Waals surface area contributed by atoms with Gasteiger partial charge >= 0.3 is 0 Å². The van der Waals surface area contributed by atoms with E-state index in [1.54, 1.807) is 41.3 Å². The van der Waals surface area contributed by atoms with E-state index in [1.165, 1.54) is 6.07 Å². The number of ether oxygens (including phenoxy) is 2. The molecule has 1 saturated heterocycles. The molecule has 32 heavy (non-hydrogen) atoms. The summed E-state index contributed by atoms with van der Waals surface area (Å²) in [6.45, 7) is 3.59. The van der Waals surface area contributed by atoms with E-state index in [0.29, 0.717) is 29.2 Å². The number of rotatable bonds is 9. The van der Waals surface area contributed by atoms with E-state index < -0.39 is 10.8 Å². The molecule has 0 aliphatic carbocycles. The molecule has 1 aliphatic heterocycles. The molecule has 1 N–H and O–H groups in total. The maximum atomic E-state index is 12.6. The molecule has 0 bridgehead atoms. The third kappa shape index (κ3) is 5.96. The van der Waals surface area contributed by atoms with Crippen LogP contribution in [-0.4, -0.2) is 47.9 Å². The number of para-hydroxylation sites is 1. The predicted octanol–water partition coefficient (Wildman–Crippen LogP) is 3.31. The Labute approximate surface area is 186 Å². The maximum Gasteiger partial charge on any atom is 0.274 e. The molecular weight excluding hydrogens is 414 g/mol. The Hall–Kier alpha value is -3.62. The summed E-state index contributed by atoms with van der Waals surface area (Å²) in [6.07, 6.45) is 3.15. The van der Waals surface area contributed by atoms with E-state index in [1.807, 2.05) is 6.92 Å². The van der Waals surface area contributed by atoms with Crippen LogP contribution in [0, 0.1) is 10.1 Å². The van der Waals surface area contributed by atoms with Crippen molar-refractivity contribution >= 4 is 17.5 Å². The van der Waals surface area contributed by atoms with Crippen LogP contribution < -0.4 is 14.8 Å². The van der Waals surface area contributed by atoms with Gasteiger partial charge in [0, 0.05) is 36.8 Å². The van der Waals surface area contributed by atoms with Gasteiger partial charge in [0.2, 0.25) is 0 Å². The molecular formula is C23H27N3O6. The number of hydrogen-bond donors (Lipinski definition) is 1. The van der Waals surface area contributed by atoms with Crippen molar-refractivity contribution in [3.05, 3.63) is 63.7 Å². The zero-order chi connectivity index (χ0) is 22.9. The van der Waals surface area contributed by atoms with Gasteiger partial charge in [0.15, 0.2) is 18.1 Å². The molecule has 1 heterocycles. The number of amides is 2. The number of nitro groups is 1. The Morgan fingerprint density at radius 2 is 1.81 bits per heavy atom. The Morgan fingerprint density at radius 1 is 1.06 bits per heavy atom. The van der Waals surface area contributed by atoms with Crippen molar-refractivity contribution < 1.29 is 24.0 Å². The average molecular weight is 441 g/mol. The highest BCUT2D eigenvalue weighted by molar-refractivity contribution is 5.95. The number of carbonyl (C=O) groups excluding carboxylic acids is 2. The molecule has 2 aromatic rings. The summed E-state index contributed by atoms with van der Waals surface area (Å²) < 4.78 is 11.3. The zero-order valence-electron chi connectivity index (χ0n) is 18.0. The molecule has 9 heteroatoms. The summed E-state index contributed by atoms with van der Waals surface area (Å²) >= 11 is 0.